The van der Waals surface area contributed by atoms with Crippen molar-refractivity contribution >= 4 is 34.1 Å². The van der Waals surface area contributed by atoms with Crippen LogP contribution in [0.25, 0.3) is 0 Å². The second kappa shape index (κ2) is 5.50. The van der Waals surface area contributed by atoms with Gasteiger partial charge < -0.3 is 5.32 Å². The molecule has 0 saturated carbocycles. The van der Waals surface area contributed by atoms with E-state index in [9.17, 15) is 18.0 Å². The molecule has 96 valence electrons. The lowest BCUT2D eigenvalue weighted by molar-refractivity contribution is -0.138. The summed E-state index contributed by atoms with van der Waals surface area (Å²) in [5.74, 6) is 0.212. The SMILES string of the molecule is CN(C(=O)NCCCl)c1nnc(C(F)(F)F)s1. The van der Waals surface area contributed by atoms with Gasteiger partial charge in [-0.15, -0.1) is 21.8 Å². The van der Waals surface area contributed by atoms with E-state index in [2.05, 4.69) is 15.5 Å². The van der Waals surface area contributed by atoms with Crippen molar-refractivity contribution in [1.82, 2.24) is 15.5 Å². The van der Waals surface area contributed by atoms with Gasteiger partial charge in [0, 0.05) is 19.5 Å². The van der Waals surface area contributed by atoms with Crippen LogP contribution in [0.2, 0.25) is 0 Å². The van der Waals surface area contributed by atoms with E-state index in [0.717, 1.165) is 4.90 Å². The van der Waals surface area contributed by atoms with Crippen LogP contribution in [0.1, 0.15) is 5.01 Å². The molecular formula is C7H8ClF3N4OS. The molecule has 0 unspecified atom stereocenters. The number of amides is 2. The molecule has 0 aromatic carbocycles. The summed E-state index contributed by atoms with van der Waals surface area (Å²) in [4.78, 5) is 12.3. The van der Waals surface area contributed by atoms with Gasteiger partial charge in [0.25, 0.3) is 0 Å². The molecule has 0 radical (unpaired) electrons. The number of carbonyl (C=O) groups is 1. The van der Waals surface area contributed by atoms with Crippen LogP contribution < -0.4 is 10.2 Å². The lowest BCUT2D eigenvalue weighted by atomic mass is 10.7. The summed E-state index contributed by atoms with van der Waals surface area (Å²) in [6.45, 7) is 0.218. The molecule has 1 N–H and O–H groups in total. The van der Waals surface area contributed by atoms with E-state index in [1.54, 1.807) is 0 Å². The molecule has 1 aromatic rings. The quantitative estimate of drug-likeness (QED) is 0.865. The van der Waals surface area contributed by atoms with E-state index in [4.69, 9.17) is 11.6 Å². The molecule has 0 bridgehead atoms. The molecule has 0 aliphatic heterocycles. The number of urea groups is 1. The molecule has 0 saturated heterocycles. The summed E-state index contributed by atoms with van der Waals surface area (Å²) >= 11 is 5.65. The molecule has 0 fully saturated rings. The highest BCUT2D eigenvalue weighted by Crippen LogP contribution is 2.33. The molecule has 10 heteroatoms. The fraction of sp³-hybridized carbons (Fsp3) is 0.571. The number of carbonyl (C=O) groups excluding carboxylic acids is 1. The second-order valence-electron chi connectivity index (χ2n) is 2.87. The zero-order chi connectivity index (χ0) is 13.1. The molecule has 0 aliphatic carbocycles. The molecule has 0 spiro atoms. The molecule has 0 aliphatic rings. The number of aromatic nitrogens is 2. The predicted octanol–water partition coefficient (Wildman–Crippen LogP) is 1.94. The number of hydrogen-bond acceptors (Lipinski definition) is 4. The Bertz CT molecular complexity index is 397. The highest BCUT2D eigenvalue weighted by molar-refractivity contribution is 7.15. The zero-order valence-corrected chi connectivity index (χ0v) is 10.2. The summed E-state index contributed by atoms with van der Waals surface area (Å²) in [6, 6.07) is -0.587. The summed E-state index contributed by atoms with van der Waals surface area (Å²) in [5.41, 5.74) is 0. The van der Waals surface area contributed by atoms with E-state index in [-0.39, 0.29) is 17.6 Å². The Hall–Kier alpha value is -1.09. The number of hydrogen-bond donors (Lipinski definition) is 1. The van der Waals surface area contributed by atoms with Crippen LogP contribution in [0.3, 0.4) is 0 Å². The molecule has 5 nitrogen and oxygen atoms in total. The van der Waals surface area contributed by atoms with Crippen LogP contribution in [-0.4, -0.2) is 35.7 Å². The van der Waals surface area contributed by atoms with Gasteiger partial charge in [0.05, 0.1) is 0 Å². The Morgan fingerprint density at radius 2 is 2.18 bits per heavy atom. The van der Waals surface area contributed by atoms with E-state index < -0.39 is 17.2 Å². The molecule has 17 heavy (non-hydrogen) atoms. The van der Waals surface area contributed by atoms with Crippen LogP contribution in [0.15, 0.2) is 0 Å². The minimum Gasteiger partial charge on any atom is -0.336 e. The monoisotopic (exact) mass is 288 g/mol. The minimum atomic E-state index is -4.55. The molecule has 0 atom stereocenters. The van der Waals surface area contributed by atoms with Crippen molar-refractivity contribution in [2.75, 3.05) is 24.4 Å². The first-order valence-electron chi connectivity index (χ1n) is 4.34. The summed E-state index contributed by atoms with van der Waals surface area (Å²) < 4.78 is 36.7. The Labute approximate surface area is 104 Å². The van der Waals surface area contributed by atoms with Gasteiger partial charge in [-0.05, 0) is 0 Å². The van der Waals surface area contributed by atoms with Crippen molar-refractivity contribution in [2.24, 2.45) is 0 Å². The van der Waals surface area contributed by atoms with Gasteiger partial charge in [-0.1, -0.05) is 11.3 Å². The van der Waals surface area contributed by atoms with Crippen molar-refractivity contribution in [3.05, 3.63) is 5.01 Å². The Morgan fingerprint density at radius 1 is 1.53 bits per heavy atom. The van der Waals surface area contributed by atoms with Crippen molar-refractivity contribution in [2.45, 2.75) is 6.18 Å². The van der Waals surface area contributed by atoms with Gasteiger partial charge in [-0.25, -0.2) is 4.79 Å². The first kappa shape index (κ1) is 14.0. The largest absolute Gasteiger partial charge is 0.445 e. The number of anilines is 1. The van der Waals surface area contributed by atoms with E-state index >= 15 is 0 Å². The number of alkyl halides is 4. The Morgan fingerprint density at radius 3 is 2.65 bits per heavy atom. The number of halogens is 4. The van der Waals surface area contributed by atoms with Gasteiger partial charge in [-0.3, -0.25) is 4.90 Å². The lowest BCUT2D eigenvalue weighted by Crippen LogP contribution is -2.38. The molecule has 1 rings (SSSR count). The summed E-state index contributed by atoms with van der Waals surface area (Å²) in [5, 5.41) is 7.42. The van der Waals surface area contributed by atoms with Gasteiger partial charge >= 0.3 is 12.2 Å². The van der Waals surface area contributed by atoms with Crippen LogP contribution in [-0.2, 0) is 6.18 Å². The molecular weight excluding hydrogens is 281 g/mol. The smallest absolute Gasteiger partial charge is 0.336 e. The highest BCUT2D eigenvalue weighted by atomic mass is 35.5. The van der Waals surface area contributed by atoms with Crippen LogP contribution in [0.4, 0.5) is 23.1 Å². The first-order chi connectivity index (χ1) is 7.86. The van der Waals surface area contributed by atoms with Crippen LogP contribution >= 0.6 is 22.9 Å². The van der Waals surface area contributed by atoms with Crippen molar-refractivity contribution in [1.29, 1.82) is 0 Å². The average Bonchev–Trinajstić information content (AvgIpc) is 2.73. The van der Waals surface area contributed by atoms with Crippen LogP contribution in [0, 0.1) is 0 Å². The maximum atomic E-state index is 12.2. The van der Waals surface area contributed by atoms with E-state index in [1.165, 1.54) is 7.05 Å². The number of nitrogens with zero attached hydrogens (tertiary/aromatic N) is 3. The third-order valence-corrected chi connectivity index (χ3v) is 2.85. The summed E-state index contributed by atoms with van der Waals surface area (Å²) in [6.07, 6.45) is -4.55. The third-order valence-electron chi connectivity index (χ3n) is 1.62. The summed E-state index contributed by atoms with van der Waals surface area (Å²) in [7, 11) is 1.30. The normalized spacial score (nSPS) is 11.4. The fourth-order valence-corrected chi connectivity index (χ4v) is 1.59. The van der Waals surface area contributed by atoms with Crippen molar-refractivity contribution < 1.29 is 18.0 Å². The molecule has 1 heterocycles. The lowest BCUT2D eigenvalue weighted by Gasteiger charge is -2.13. The predicted molar refractivity (Wildman–Crippen MR) is 57.4 cm³/mol. The third kappa shape index (κ3) is 3.70. The van der Waals surface area contributed by atoms with Gasteiger partial charge in [-0.2, -0.15) is 13.2 Å². The van der Waals surface area contributed by atoms with Gasteiger partial charge in [0.15, 0.2) is 0 Å². The fourth-order valence-electron chi connectivity index (χ4n) is 0.825. The zero-order valence-electron chi connectivity index (χ0n) is 8.58. The van der Waals surface area contributed by atoms with Crippen molar-refractivity contribution in [3.8, 4) is 0 Å². The van der Waals surface area contributed by atoms with E-state index in [1.807, 2.05) is 0 Å². The Kier molecular flexibility index (Phi) is 4.52. The first-order valence-corrected chi connectivity index (χ1v) is 5.69. The molecule has 2 amide bonds. The average molecular weight is 289 g/mol. The molecule has 1 aromatic heterocycles. The standard InChI is InChI=1S/C7H8ClF3N4OS/c1-15(5(16)12-3-2-8)6-14-13-4(17-6)7(9,10)11/h2-3H2,1H3,(H,12,16). The Balaban J connectivity index is 2.73. The second-order valence-corrected chi connectivity index (χ2v) is 4.20. The van der Waals surface area contributed by atoms with Gasteiger partial charge in [0.2, 0.25) is 10.1 Å². The number of rotatable bonds is 3. The van der Waals surface area contributed by atoms with Gasteiger partial charge in [0.1, 0.15) is 0 Å². The topological polar surface area (TPSA) is 58.1 Å². The number of nitrogens with one attached hydrogen (secondary N) is 1. The maximum absolute atomic E-state index is 12.2. The highest BCUT2D eigenvalue weighted by Gasteiger charge is 2.36. The minimum absolute atomic E-state index is 0.135. The van der Waals surface area contributed by atoms with Crippen LogP contribution in [0.5, 0.6) is 0 Å². The maximum Gasteiger partial charge on any atom is 0.445 e. The van der Waals surface area contributed by atoms with E-state index in [0.29, 0.717) is 11.3 Å². The van der Waals surface area contributed by atoms with Crippen molar-refractivity contribution in [3.63, 3.8) is 0 Å².